The first-order valence-electron chi connectivity index (χ1n) is 9.45. The third kappa shape index (κ3) is 3.63. The van der Waals surface area contributed by atoms with Crippen LogP contribution in [0.25, 0.3) is 32.0 Å². The van der Waals surface area contributed by atoms with Crippen LogP contribution >= 0.6 is 22.7 Å². The van der Waals surface area contributed by atoms with E-state index in [1.807, 2.05) is 54.6 Å². The molecule has 146 valence electrons. The standard InChI is InChI=1S/C24H17N3OS2/c1-15-7-12-19-20(13-15)30-24(27-19)17-8-10-18(11-9-17)26-23(28)22-21(25-14-29-22)16-5-3-2-4-6-16/h2-14H,1H3,(H,26,28). The van der Waals surface area contributed by atoms with E-state index in [9.17, 15) is 4.79 Å². The van der Waals surface area contributed by atoms with Gasteiger partial charge >= 0.3 is 0 Å². The van der Waals surface area contributed by atoms with Crippen LogP contribution in [0.5, 0.6) is 0 Å². The minimum atomic E-state index is -0.153. The van der Waals surface area contributed by atoms with Gasteiger partial charge in [0, 0.05) is 16.8 Å². The number of carbonyl (C=O) groups excluding carboxylic acids is 1. The van der Waals surface area contributed by atoms with Crippen molar-refractivity contribution in [3.05, 3.63) is 88.7 Å². The molecule has 1 N–H and O–H groups in total. The number of hydrogen-bond donors (Lipinski definition) is 1. The van der Waals surface area contributed by atoms with Crippen LogP contribution in [0.4, 0.5) is 5.69 Å². The van der Waals surface area contributed by atoms with E-state index in [0.29, 0.717) is 10.6 Å². The van der Waals surface area contributed by atoms with Crippen LogP contribution in [0.1, 0.15) is 15.2 Å². The molecular formula is C24H17N3OS2. The maximum atomic E-state index is 12.8. The van der Waals surface area contributed by atoms with Crippen molar-refractivity contribution in [1.29, 1.82) is 0 Å². The number of amides is 1. The van der Waals surface area contributed by atoms with Gasteiger partial charge in [0.15, 0.2) is 0 Å². The maximum Gasteiger partial charge on any atom is 0.268 e. The Bertz CT molecular complexity index is 1340. The number of hydrogen-bond acceptors (Lipinski definition) is 5. The average molecular weight is 428 g/mol. The van der Waals surface area contributed by atoms with E-state index < -0.39 is 0 Å². The van der Waals surface area contributed by atoms with Crippen molar-refractivity contribution in [3.8, 4) is 21.8 Å². The van der Waals surface area contributed by atoms with E-state index >= 15 is 0 Å². The number of nitrogens with one attached hydrogen (secondary N) is 1. The van der Waals surface area contributed by atoms with Crippen LogP contribution < -0.4 is 5.32 Å². The van der Waals surface area contributed by atoms with E-state index in [4.69, 9.17) is 4.98 Å². The molecule has 0 radical (unpaired) electrons. The summed E-state index contributed by atoms with van der Waals surface area (Å²) >= 11 is 3.02. The second kappa shape index (κ2) is 7.82. The number of fused-ring (bicyclic) bond motifs is 1. The molecule has 4 nitrogen and oxygen atoms in total. The number of anilines is 1. The van der Waals surface area contributed by atoms with Crippen molar-refractivity contribution in [1.82, 2.24) is 9.97 Å². The Labute approximate surface area is 181 Å². The molecule has 0 spiro atoms. The highest BCUT2D eigenvalue weighted by molar-refractivity contribution is 7.21. The fourth-order valence-corrected chi connectivity index (χ4v) is 5.02. The number of rotatable bonds is 4. The summed E-state index contributed by atoms with van der Waals surface area (Å²) in [5.41, 5.74) is 7.37. The van der Waals surface area contributed by atoms with Gasteiger partial charge in [-0.1, -0.05) is 36.4 Å². The lowest BCUT2D eigenvalue weighted by Gasteiger charge is -2.06. The molecule has 0 unspecified atom stereocenters. The summed E-state index contributed by atoms with van der Waals surface area (Å²) in [6, 6.07) is 23.8. The predicted octanol–water partition coefficient (Wildman–Crippen LogP) is 6.65. The third-order valence-electron chi connectivity index (χ3n) is 4.75. The lowest BCUT2D eigenvalue weighted by atomic mass is 10.1. The minimum absolute atomic E-state index is 0.153. The van der Waals surface area contributed by atoms with Gasteiger partial charge in [0.1, 0.15) is 9.88 Å². The predicted molar refractivity (Wildman–Crippen MR) is 125 cm³/mol. The van der Waals surface area contributed by atoms with Gasteiger partial charge in [0.2, 0.25) is 0 Å². The second-order valence-corrected chi connectivity index (χ2v) is 8.80. The van der Waals surface area contributed by atoms with Crippen LogP contribution in [-0.4, -0.2) is 15.9 Å². The van der Waals surface area contributed by atoms with Crippen LogP contribution in [0.2, 0.25) is 0 Å². The van der Waals surface area contributed by atoms with Gasteiger partial charge in [0.05, 0.1) is 21.4 Å². The highest BCUT2D eigenvalue weighted by Gasteiger charge is 2.16. The number of benzene rings is 3. The number of carbonyl (C=O) groups is 1. The van der Waals surface area contributed by atoms with E-state index in [2.05, 4.69) is 35.4 Å². The Balaban J connectivity index is 1.36. The normalized spacial score (nSPS) is 11.0. The topological polar surface area (TPSA) is 54.9 Å². The van der Waals surface area contributed by atoms with Crippen molar-refractivity contribution in [3.63, 3.8) is 0 Å². The van der Waals surface area contributed by atoms with Crippen molar-refractivity contribution in [2.75, 3.05) is 5.32 Å². The minimum Gasteiger partial charge on any atom is -0.321 e. The van der Waals surface area contributed by atoms with E-state index in [1.54, 1.807) is 16.8 Å². The van der Waals surface area contributed by atoms with E-state index in [-0.39, 0.29) is 5.91 Å². The van der Waals surface area contributed by atoms with Crippen molar-refractivity contribution in [2.45, 2.75) is 6.92 Å². The summed E-state index contributed by atoms with van der Waals surface area (Å²) < 4.78 is 1.18. The number of aryl methyl sites for hydroxylation is 1. The zero-order valence-corrected chi connectivity index (χ0v) is 17.8. The van der Waals surface area contributed by atoms with Crippen molar-refractivity contribution < 1.29 is 4.79 Å². The summed E-state index contributed by atoms with van der Waals surface area (Å²) in [5, 5.41) is 3.96. The van der Waals surface area contributed by atoms with Crippen molar-refractivity contribution in [2.24, 2.45) is 0 Å². The van der Waals surface area contributed by atoms with Crippen LogP contribution in [-0.2, 0) is 0 Å². The molecule has 0 aliphatic heterocycles. The Morgan fingerprint density at radius 2 is 1.73 bits per heavy atom. The number of nitrogens with zero attached hydrogens (tertiary/aromatic N) is 2. The summed E-state index contributed by atoms with van der Waals surface area (Å²) in [5.74, 6) is -0.153. The van der Waals surface area contributed by atoms with E-state index in [1.165, 1.54) is 21.6 Å². The van der Waals surface area contributed by atoms with Gasteiger partial charge in [-0.2, -0.15) is 0 Å². The van der Waals surface area contributed by atoms with Crippen LogP contribution in [0.3, 0.4) is 0 Å². The molecule has 2 aromatic heterocycles. The summed E-state index contributed by atoms with van der Waals surface area (Å²) in [7, 11) is 0. The molecule has 0 saturated heterocycles. The molecule has 0 fully saturated rings. The second-order valence-electron chi connectivity index (χ2n) is 6.92. The number of thiazole rings is 2. The largest absolute Gasteiger partial charge is 0.321 e. The molecule has 0 bridgehead atoms. The smallest absolute Gasteiger partial charge is 0.268 e. The molecular weight excluding hydrogens is 410 g/mol. The Morgan fingerprint density at radius 3 is 2.53 bits per heavy atom. The van der Waals surface area contributed by atoms with Crippen LogP contribution in [0, 0.1) is 6.92 Å². The molecule has 30 heavy (non-hydrogen) atoms. The summed E-state index contributed by atoms with van der Waals surface area (Å²) in [6.45, 7) is 2.09. The quantitative estimate of drug-likeness (QED) is 0.349. The number of aromatic nitrogens is 2. The monoisotopic (exact) mass is 427 g/mol. The first-order valence-corrected chi connectivity index (χ1v) is 11.1. The highest BCUT2D eigenvalue weighted by atomic mass is 32.1. The van der Waals surface area contributed by atoms with Crippen LogP contribution in [0.15, 0.2) is 78.3 Å². The fourth-order valence-electron chi connectivity index (χ4n) is 3.25. The molecule has 6 heteroatoms. The zero-order valence-electron chi connectivity index (χ0n) is 16.1. The molecule has 0 atom stereocenters. The lowest BCUT2D eigenvalue weighted by molar-refractivity contribution is 0.103. The molecule has 5 aromatic rings. The molecule has 5 rings (SSSR count). The molecule has 0 aliphatic rings. The van der Waals surface area contributed by atoms with Crippen molar-refractivity contribution >= 4 is 44.5 Å². The lowest BCUT2D eigenvalue weighted by Crippen LogP contribution is -2.11. The first-order chi connectivity index (χ1) is 14.7. The Hall–Kier alpha value is -3.35. The Morgan fingerprint density at radius 1 is 0.933 bits per heavy atom. The molecule has 2 heterocycles. The third-order valence-corrected chi connectivity index (χ3v) is 6.65. The van der Waals surface area contributed by atoms with Gasteiger partial charge in [-0.3, -0.25) is 4.79 Å². The van der Waals surface area contributed by atoms with Gasteiger partial charge in [-0.25, -0.2) is 9.97 Å². The van der Waals surface area contributed by atoms with E-state index in [0.717, 1.165) is 27.3 Å². The van der Waals surface area contributed by atoms with Gasteiger partial charge in [-0.05, 0) is 48.9 Å². The zero-order chi connectivity index (χ0) is 20.5. The molecule has 3 aromatic carbocycles. The molecule has 0 saturated carbocycles. The first kappa shape index (κ1) is 18.7. The SMILES string of the molecule is Cc1ccc2nc(-c3ccc(NC(=O)c4scnc4-c4ccccc4)cc3)sc2c1. The highest BCUT2D eigenvalue weighted by Crippen LogP contribution is 2.32. The Kier molecular flexibility index (Phi) is 4.86. The molecule has 1 amide bonds. The van der Waals surface area contributed by atoms with Gasteiger partial charge in [-0.15, -0.1) is 22.7 Å². The fraction of sp³-hybridized carbons (Fsp3) is 0.0417. The van der Waals surface area contributed by atoms with Gasteiger partial charge in [0.25, 0.3) is 5.91 Å². The summed E-state index contributed by atoms with van der Waals surface area (Å²) in [6.07, 6.45) is 0. The maximum absolute atomic E-state index is 12.8. The average Bonchev–Trinajstić information content (AvgIpc) is 3.42. The summed E-state index contributed by atoms with van der Waals surface area (Å²) in [4.78, 5) is 22.5. The molecule has 0 aliphatic carbocycles. The van der Waals surface area contributed by atoms with Gasteiger partial charge < -0.3 is 5.32 Å².